The standard InChI is InChI=1S/C36H34N2O4/c1-22-21-28-26(14-13-25(38-28)12-11-23-9-7-6-8-10-23)31(30(22)33(34(39)40)42-35(2,3)4)27-15-16-29-32-24(18-20-41-29)17-19-37-36(27,32)5/h6-10,13-17,19,21,32-33H,18,20H2,1-5H3,(H,39,40). The second-order valence-electron chi connectivity index (χ2n) is 12.2. The van der Waals surface area contributed by atoms with Gasteiger partial charge in [0.05, 0.1) is 29.2 Å². The number of carboxylic acids is 1. The Hall–Kier alpha value is -4.47. The minimum absolute atomic E-state index is 0.0598. The molecule has 1 aromatic heterocycles. The number of nitrogens with zero attached hydrogens (tertiary/aromatic N) is 2. The highest BCUT2D eigenvalue weighted by Crippen LogP contribution is 2.53. The molecule has 0 saturated carbocycles. The Kier molecular flexibility index (Phi) is 6.87. The minimum atomic E-state index is -1.19. The van der Waals surface area contributed by atoms with Gasteiger partial charge >= 0.3 is 5.97 Å². The summed E-state index contributed by atoms with van der Waals surface area (Å²) in [4.78, 5) is 22.8. The number of hydrogen-bond donors (Lipinski definition) is 1. The monoisotopic (exact) mass is 558 g/mol. The van der Waals surface area contributed by atoms with Gasteiger partial charge in [0.1, 0.15) is 11.5 Å². The Labute approximate surface area is 246 Å². The lowest BCUT2D eigenvalue weighted by atomic mass is 9.66. The van der Waals surface area contributed by atoms with Crippen molar-refractivity contribution in [1.29, 1.82) is 0 Å². The van der Waals surface area contributed by atoms with Crippen LogP contribution in [0, 0.1) is 24.7 Å². The molecular formula is C36H34N2O4. The number of aromatic nitrogens is 1. The molecule has 0 bridgehead atoms. The topological polar surface area (TPSA) is 81.0 Å². The number of fused-ring (bicyclic) bond motifs is 1. The molecule has 212 valence electrons. The second kappa shape index (κ2) is 10.4. The van der Waals surface area contributed by atoms with E-state index in [9.17, 15) is 9.90 Å². The zero-order chi connectivity index (χ0) is 29.6. The van der Waals surface area contributed by atoms with E-state index in [0.717, 1.165) is 45.3 Å². The van der Waals surface area contributed by atoms with E-state index in [4.69, 9.17) is 19.5 Å². The molecule has 3 unspecified atom stereocenters. The van der Waals surface area contributed by atoms with Crippen LogP contribution in [0.3, 0.4) is 0 Å². The molecule has 1 aliphatic carbocycles. The fraction of sp³-hybridized carbons (Fsp3) is 0.306. The number of carbonyl (C=O) groups is 1. The molecular weight excluding hydrogens is 524 g/mol. The average Bonchev–Trinajstić information content (AvgIpc) is 2.95. The third kappa shape index (κ3) is 4.95. The molecule has 3 aliphatic rings. The normalized spacial score (nSPS) is 21.6. The van der Waals surface area contributed by atoms with Gasteiger partial charge in [-0.25, -0.2) is 9.78 Å². The van der Waals surface area contributed by atoms with Gasteiger partial charge in [-0.3, -0.25) is 4.99 Å². The largest absolute Gasteiger partial charge is 0.497 e. The molecule has 0 amide bonds. The summed E-state index contributed by atoms with van der Waals surface area (Å²) in [7, 11) is 0. The SMILES string of the molecule is Cc1cc2nc(C#Cc3ccccc3)ccc2c(C2=CC=C3OCCC4=CC=NC2(C)C43)c1C(OC(C)(C)C)C(=O)O. The van der Waals surface area contributed by atoms with E-state index >= 15 is 0 Å². The zero-order valence-electron chi connectivity index (χ0n) is 24.6. The van der Waals surface area contributed by atoms with Gasteiger partial charge in [-0.15, -0.1) is 0 Å². The lowest BCUT2D eigenvalue weighted by Crippen LogP contribution is -2.43. The van der Waals surface area contributed by atoms with E-state index in [2.05, 4.69) is 24.8 Å². The molecule has 1 fully saturated rings. The van der Waals surface area contributed by atoms with Crippen molar-refractivity contribution in [3.8, 4) is 11.8 Å². The van der Waals surface area contributed by atoms with Crippen molar-refractivity contribution in [1.82, 2.24) is 4.98 Å². The number of ether oxygens (including phenoxy) is 2. The molecule has 0 radical (unpaired) electrons. The first-order valence-electron chi connectivity index (χ1n) is 14.3. The van der Waals surface area contributed by atoms with Gasteiger partial charge in [-0.1, -0.05) is 35.8 Å². The first-order chi connectivity index (χ1) is 20.0. The van der Waals surface area contributed by atoms with E-state index < -0.39 is 23.2 Å². The Bertz CT molecular complexity index is 1780. The fourth-order valence-corrected chi connectivity index (χ4v) is 6.28. The molecule has 6 nitrogen and oxygen atoms in total. The lowest BCUT2D eigenvalue weighted by molar-refractivity contribution is -0.160. The quantitative estimate of drug-likeness (QED) is 0.350. The molecule has 0 spiro atoms. The highest BCUT2D eigenvalue weighted by molar-refractivity contribution is 6.00. The Morgan fingerprint density at radius 2 is 1.90 bits per heavy atom. The Morgan fingerprint density at radius 1 is 1.12 bits per heavy atom. The van der Waals surface area contributed by atoms with Crippen molar-refractivity contribution in [3.05, 3.63) is 106 Å². The van der Waals surface area contributed by atoms with Crippen LogP contribution in [-0.2, 0) is 14.3 Å². The molecule has 3 atom stereocenters. The van der Waals surface area contributed by atoms with Crippen molar-refractivity contribution in [3.63, 3.8) is 0 Å². The highest BCUT2D eigenvalue weighted by Gasteiger charge is 2.48. The van der Waals surface area contributed by atoms with Crippen molar-refractivity contribution < 1.29 is 19.4 Å². The van der Waals surface area contributed by atoms with Crippen LogP contribution >= 0.6 is 0 Å². The predicted molar refractivity (Wildman–Crippen MR) is 165 cm³/mol. The van der Waals surface area contributed by atoms with Crippen LogP contribution in [0.4, 0.5) is 0 Å². The van der Waals surface area contributed by atoms with Crippen molar-refractivity contribution in [2.75, 3.05) is 6.61 Å². The summed E-state index contributed by atoms with van der Waals surface area (Å²) >= 11 is 0. The van der Waals surface area contributed by atoms with Crippen molar-refractivity contribution in [2.24, 2.45) is 10.9 Å². The van der Waals surface area contributed by atoms with E-state index in [1.165, 1.54) is 5.57 Å². The van der Waals surface area contributed by atoms with Crippen molar-refractivity contribution in [2.45, 2.75) is 58.3 Å². The molecule has 42 heavy (non-hydrogen) atoms. The molecule has 3 aromatic rings. The van der Waals surface area contributed by atoms with E-state index in [0.29, 0.717) is 17.9 Å². The number of aliphatic carboxylic acids is 1. The Morgan fingerprint density at radius 3 is 2.64 bits per heavy atom. The molecule has 2 aliphatic heterocycles. The van der Waals surface area contributed by atoms with Crippen LogP contribution < -0.4 is 0 Å². The van der Waals surface area contributed by atoms with Gasteiger partial charge in [0.15, 0.2) is 6.10 Å². The number of aliphatic imine (C=N–C) groups is 1. The van der Waals surface area contributed by atoms with Gasteiger partial charge in [-0.05, 0) is 99.7 Å². The third-order valence-electron chi connectivity index (χ3n) is 8.05. The van der Waals surface area contributed by atoms with E-state index in [1.807, 2.05) is 94.6 Å². The maximum Gasteiger partial charge on any atom is 0.337 e. The van der Waals surface area contributed by atoms with Gasteiger partial charge in [-0.2, -0.15) is 0 Å². The van der Waals surface area contributed by atoms with E-state index in [-0.39, 0.29) is 5.92 Å². The fourth-order valence-electron chi connectivity index (χ4n) is 6.28. The number of benzene rings is 2. The number of hydrogen-bond acceptors (Lipinski definition) is 5. The van der Waals surface area contributed by atoms with Gasteiger partial charge in [0.25, 0.3) is 0 Å². The van der Waals surface area contributed by atoms with Crippen LogP contribution in [0.1, 0.15) is 68.2 Å². The number of allylic oxidation sites excluding steroid dienone is 3. The number of carboxylic acid groups (broad SMARTS) is 1. The van der Waals surface area contributed by atoms with Gasteiger partial charge in [0, 0.05) is 29.1 Å². The number of pyridine rings is 1. The Balaban J connectivity index is 1.60. The summed E-state index contributed by atoms with van der Waals surface area (Å²) in [6, 6.07) is 15.6. The molecule has 1 saturated heterocycles. The predicted octanol–water partition coefficient (Wildman–Crippen LogP) is 6.97. The molecule has 2 aromatic carbocycles. The first-order valence-corrected chi connectivity index (χ1v) is 14.3. The van der Waals surface area contributed by atoms with Crippen LogP contribution in [0.2, 0.25) is 0 Å². The maximum absolute atomic E-state index is 12.8. The summed E-state index contributed by atoms with van der Waals surface area (Å²) < 4.78 is 12.3. The number of rotatable bonds is 4. The van der Waals surface area contributed by atoms with Crippen LogP contribution in [0.5, 0.6) is 0 Å². The van der Waals surface area contributed by atoms with Crippen LogP contribution in [0.25, 0.3) is 16.5 Å². The summed E-state index contributed by atoms with van der Waals surface area (Å²) in [5, 5.41) is 11.3. The first kappa shape index (κ1) is 27.7. The summed E-state index contributed by atoms with van der Waals surface area (Å²) in [6.45, 7) is 10.3. The maximum atomic E-state index is 12.8. The summed E-state index contributed by atoms with van der Waals surface area (Å²) in [5.74, 6) is 6.16. The van der Waals surface area contributed by atoms with Crippen molar-refractivity contribution >= 4 is 28.7 Å². The summed E-state index contributed by atoms with van der Waals surface area (Å²) in [6.07, 6.45) is 7.65. The van der Waals surface area contributed by atoms with E-state index in [1.54, 1.807) is 0 Å². The van der Waals surface area contributed by atoms with Crippen LogP contribution in [-0.4, -0.2) is 40.0 Å². The molecule has 6 heteroatoms. The second-order valence-corrected chi connectivity index (χ2v) is 12.2. The molecule has 6 rings (SSSR count). The smallest absolute Gasteiger partial charge is 0.337 e. The minimum Gasteiger partial charge on any atom is -0.497 e. The summed E-state index contributed by atoms with van der Waals surface area (Å²) in [5.41, 5.74) is 5.27. The molecule has 1 N–H and O–H groups in total. The highest BCUT2D eigenvalue weighted by atomic mass is 16.5. The molecule has 3 heterocycles. The van der Waals surface area contributed by atoms with Gasteiger partial charge < -0.3 is 14.6 Å². The third-order valence-corrected chi connectivity index (χ3v) is 8.05. The van der Waals surface area contributed by atoms with Crippen LogP contribution in [0.15, 0.2) is 83.1 Å². The average molecular weight is 559 g/mol. The number of aryl methyl sites for hydroxylation is 1. The number of dihydropyridines is 1. The zero-order valence-corrected chi connectivity index (χ0v) is 24.6. The van der Waals surface area contributed by atoms with Gasteiger partial charge in [0.2, 0.25) is 0 Å². The lowest BCUT2D eigenvalue weighted by Gasteiger charge is -2.45.